The zero-order valence-electron chi connectivity index (χ0n) is 16.1. The highest BCUT2D eigenvalue weighted by atomic mass is 35.5. The number of hydrogen-bond acceptors (Lipinski definition) is 5. The maximum atomic E-state index is 12.8. The normalized spacial score (nSPS) is 10.9. The topological polar surface area (TPSA) is 85.8 Å². The summed E-state index contributed by atoms with van der Waals surface area (Å²) < 4.78 is 6.68. The molecule has 2 heterocycles. The Bertz CT molecular complexity index is 1190. The van der Waals surface area contributed by atoms with Crippen LogP contribution in [0.15, 0.2) is 53.2 Å². The average molecular weight is 408 g/mol. The van der Waals surface area contributed by atoms with Gasteiger partial charge in [0, 0.05) is 29.4 Å². The number of hydrogen-bond donors (Lipinski definition) is 1. The van der Waals surface area contributed by atoms with Gasteiger partial charge in [-0.3, -0.25) is 4.79 Å². The van der Waals surface area contributed by atoms with Crippen molar-refractivity contribution in [3.63, 3.8) is 0 Å². The molecule has 146 valence electrons. The van der Waals surface area contributed by atoms with E-state index in [0.717, 1.165) is 16.8 Å². The maximum Gasteiger partial charge on any atom is 0.259 e. The van der Waals surface area contributed by atoms with Crippen molar-refractivity contribution in [3.05, 3.63) is 76.4 Å². The molecule has 2 aromatic heterocycles. The van der Waals surface area contributed by atoms with Crippen molar-refractivity contribution in [2.45, 2.75) is 20.8 Å². The molecule has 0 aliphatic carbocycles. The van der Waals surface area contributed by atoms with Gasteiger partial charge < -0.3 is 9.84 Å². The molecule has 29 heavy (non-hydrogen) atoms. The van der Waals surface area contributed by atoms with Gasteiger partial charge in [-0.1, -0.05) is 22.8 Å². The van der Waals surface area contributed by atoms with Gasteiger partial charge in [0.1, 0.15) is 0 Å². The van der Waals surface area contributed by atoms with E-state index in [1.54, 1.807) is 36.9 Å². The molecule has 0 spiro atoms. The molecule has 1 amide bonds. The smallest absolute Gasteiger partial charge is 0.259 e. The van der Waals surface area contributed by atoms with Crippen LogP contribution in [-0.4, -0.2) is 25.8 Å². The molecule has 1 N–H and O–H groups in total. The molecule has 0 saturated heterocycles. The summed E-state index contributed by atoms with van der Waals surface area (Å²) in [5.74, 6) is 0.804. The van der Waals surface area contributed by atoms with Gasteiger partial charge in [0.25, 0.3) is 5.91 Å². The predicted octanol–water partition coefficient (Wildman–Crippen LogP) is 4.75. The molecular weight excluding hydrogens is 390 g/mol. The monoisotopic (exact) mass is 407 g/mol. The third-order valence-electron chi connectivity index (χ3n) is 4.51. The van der Waals surface area contributed by atoms with Crippen LogP contribution in [-0.2, 0) is 0 Å². The van der Waals surface area contributed by atoms with Gasteiger partial charge in [0.15, 0.2) is 0 Å². The molecule has 0 bridgehead atoms. The van der Waals surface area contributed by atoms with E-state index in [0.29, 0.717) is 33.7 Å². The lowest BCUT2D eigenvalue weighted by atomic mass is 10.2. The Morgan fingerprint density at radius 3 is 2.55 bits per heavy atom. The Morgan fingerprint density at radius 1 is 1.10 bits per heavy atom. The van der Waals surface area contributed by atoms with Crippen LogP contribution >= 0.6 is 11.6 Å². The van der Waals surface area contributed by atoms with E-state index < -0.39 is 0 Å². The Morgan fingerprint density at radius 2 is 1.86 bits per heavy atom. The molecule has 4 rings (SSSR count). The van der Waals surface area contributed by atoms with Crippen molar-refractivity contribution in [2.75, 3.05) is 5.32 Å². The zero-order valence-corrected chi connectivity index (χ0v) is 16.9. The van der Waals surface area contributed by atoms with E-state index >= 15 is 0 Å². The quantitative estimate of drug-likeness (QED) is 0.527. The molecule has 0 fully saturated rings. The van der Waals surface area contributed by atoms with E-state index in [2.05, 4.69) is 20.6 Å². The standard InChI is InChI=1S/C21H18ClN5O2/c1-12-4-7-16(22)10-19(12)24-21(28)18-11-27(25-13(18)2)17-8-5-15(6-9-17)20-23-14(3)29-26-20/h4-11H,1-3H3,(H,24,28). The fourth-order valence-electron chi connectivity index (χ4n) is 2.91. The Kier molecular flexibility index (Phi) is 4.90. The van der Waals surface area contributed by atoms with E-state index in [1.807, 2.05) is 37.3 Å². The van der Waals surface area contributed by atoms with Gasteiger partial charge in [0.05, 0.1) is 16.9 Å². The lowest BCUT2D eigenvalue weighted by Crippen LogP contribution is -2.13. The van der Waals surface area contributed by atoms with Gasteiger partial charge in [-0.15, -0.1) is 0 Å². The van der Waals surface area contributed by atoms with Crippen molar-refractivity contribution in [2.24, 2.45) is 0 Å². The summed E-state index contributed by atoms with van der Waals surface area (Å²) in [6.07, 6.45) is 1.71. The second-order valence-electron chi connectivity index (χ2n) is 6.67. The van der Waals surface area contributed by atoms with Gasteiger partial charge in [-0.25, -0.2) is 4.68 Å². The minimum absolute atomic E-state index is 0.238. The molecular formula is C21H18ClN5O2. The minimum Gasteiger partial charge on any atom is -0.339 e. The molecule has 4 aromatic rings. The van der Waals surface area contributed by atoms with E-state index in [9.17, 15) is 4.79 Å². The summed E-state index contributed by atoms with van der Waals surface area (Å²) in [4.78, 5) is 17.0. The van der Waals surface area contributed by atoms with Crippen molar-refractivity contribution < 1.29 is 9.32 Å². The van der Waals surface area contributed by atoms with Crippen LogP contribution < -0.4 is 5.32 Å². The summed E-state index contributed by atoms with van der Waals surface area (Å²) in [5, 5.41) is 11.8. The largest absolute Gasteiger partial charge is 0.339 e. The van der Waals surface area contributed by atoms with Gasteiger partial charge in [-0.2, -0.15) is 10.1 Å². The second kappa shape index (κ2) is 7.52. The first-order valence-electron chi connectivity index (χ1n) is 8.95. The number of nitrogens with zero attached hydrogens (tertiary/aromatic N) is 4. The van der Waals surface area contributed by atoms with Crippen LogP contribution in [0.5, 0.6) is 0 Å². The molecule has 0 aliphatic rings. The van der Waals surface area contributed by atoms with Crippen molar-refractivity contribution in [1.29, 1.82) is 0 Å². The van der Waals surface area contributed by atoms with Crippen molar-refractivity contribution in [1.82, 2.24) is 19.9 Å². The number of rotatable bonds is 4. The van der Waals surface area contributed by atoms with Crippen LogP contribution in [0.4, 0.5) is 5.69 Å². The molecule has 0 aliphatic heterocycles. The van der Waals surface area contributed by atoms with Crippen LogP contribution in [0.3, 0.4) is 0 Å². The summed E-state index contributed by atoms with van der Waals surface area (Å²) >= 11 is 6.04. The average Bonchev–Trinajstić information content (AvgIpc) is 3.31. The number of amides is 1. The van der Waals surface area contributed by atoms with Crippen LogP contribution in [0.1, 0.15) is 27.5 Å². The van der Waals surface area contributed by atoms with Crippen LogP contribution in [0.25, 0.3) is 17.1 Å². The molecule has 0 radical (unpaired) electrons. The second-order valence-corrected chi connectivity index (χ2v) is 7.11. The maximum absolute atomic E-state index is 12.8. The van der Waals surface area contributed by atoms with Crippen molar-refractivity contribution in [3.8, 4) is 17.1 Å². The third-order valence-corrected chi connectivity index (χ3v) is 4.74. The zero-order chi connectivity index (χ0) is 20.5. The lowest BCUT2D eigenvalue weighted by Gasteiger charge is -2.08. The van der Waals surface area contributed by atoms with Crippen LogP contribution in [0, 0.1) is 20.8 Å². The third kappa shape index (κ3) is 3.90. The number of benzene rings is 2. The number of anilines is 1. The minimum atomic E-state index is -0.238. The molecule has 8 heteroatoms. The Labute approximate surface area is 172 Å². The van der Waals surface area contributed by atoms with E-state index in [-0.39, 0.29) is 5.91 Å². The Hall–Kier alpha value is -3.45. The summed E-state index contributed by atoms with van der Waals surface area (Å²) in [6.45, 7) is 5.45. The number of aryl methyl sites for hydroxylation is 3. The fraction of sp³-hybridized carbons (Fsp3) is 0.143. The van der Waals surface area contributed by atoms with Crippen molar-refractivity contribution >= 4 is 23.2 Å². The molecule has 2 aromatic carbocycles. The number of carbonyl (C=O) groups is 1. The lowest BCUT2D eigenvalue weighted by molar-refractivity contribution is 0.102. The molecule has 0 unspecified atom stereocenters. The summed E-state index contributed by atoms with van der Waals surface area (Å²) in [7, 11) is 0. The first-order valence-corrected chi connectivity index (χ1v) is 9.33. The Balaban J connectivity index is 1.57. The fourth-order valence-corrected chi connectivity index (χ4v) is 3.09. The van der Waals surface area contributed by atoms with Gasteiger partial charge in [0.2, 0.25) is 11.7 Å². The summed E-state index contributed by atoms with van der Waals surface area (Å²) in [6, 6.07) is 12.9. The first-order chi connectivity index (χ1) is 13.9. The van der Waals surface area contributed by atoms with Crippen LogP contribution in [0.2, 0.25) is 5.02 Å². The summed E-state index contributed by atoms with van der Waals surface area (Å²) in [5.41, 5.74) is 4.37. The molecule has 0 atom stereocenters. The first kappa shape index (κ1) is 18.9. The van der Waals surface area contributed by atoms with Gasteiger partial charge >= 0.3 is 0 Å². The number of halogens is 1. The SMILES string of the molecule is Cc1nc(-c2ccc(-n3cc(C(=O)Nc4cc(Cl)ccc4C)c(C)n3)cc2)no1. The predicted molar refractivity (Wildman–Crippen MR) is 110 cm³/mol. The molecule has 0 saturated carbocycles. The van der Waals surface area contributed by atoms with E-state index in [1.165, 1.54) is 0 Å². The number of nitrogens with one attached hydrogen (secondary N) is 1. The van der Waals surface area contributed by atoms with E-state index in [4.69, 9.17) is 16.1 Å². The van der Waals surface area contributed by atoms with Gasteiger partial charge in [-0.05, 0) is 55.8 Å². The number of carbonyl (C=O) groups excluding carboxylic acids is 1. The highest BCUT2D eigenvalue weighted by Crippen LogP contribution is 2.22. The molecule has 7 nitrogen and oxygen atoms in total. The highest BCUT2D eigenvalue weighted by molar-refractivity contribution is 6.31. The number of aromatic nitrogens is 4. The highest BCUT2D eigenvalue weighted by Gasteiger charge is 2.16.